The molecule has 0 unspecified atom stereocenters. The summed E-state index contributed by atoms with van der Waals surface area (Å²) in [4.78, 5) is 49.2. The van der Waals surface area contributed by atoms with Gasteiger partial charge in [-0.2, -0.15) is 0 Å². The van der Waals surface area contributed by atoms with Crippen LogP contribution >= 0.6 is 0 Å². The van der Waals surface area contributed by atoms with Gasteiger partial charge >= 0.3 is 5.97 Å². The minimum Gasteiger partial charge on any atom is -0.457 e. The van der Waals surface area contributed by atoms with E-state index in [-0.39, 0.29) is 22.8 Å². The van der Waals surface area contributed by atoms with Gasteiger partial charge in [0.25, 0.3) is 11.8 Å². The van der Waals surface area contributed by atoms with E-state index < -0.39 is 17.8 Å². The minimum atomic E-state index is -0.503. The number of imide groups is 1. The number of carbonyl (C=O) groups is 4. The third-order valence-electron chi connectivity index (χ3n) is 4.61. The van der Waals surface area contributed by atoms with Crippen molar-refractivity contribution in [3.8, 4) is 17.2 Å². The SMILES string of the molecule is CC(=O)Nc1ccc(Oc2ccc3c(c2)C(=O)N(c2cccc(OC(C)=O)c2)C3=O)cc1. The summed E-state index contributed by atoms with van der Waals surface area (Å²) in [6.07, 6.45) is 0. The van der Waals surface area contributed by atoms with Gasteiger partial charge in [0.2, 0.25) is 5.91 Å². The molecule has 0 bridgehead atoms. The summed E-state index contributed by atoms with van der Waals surface area (Å²) in [6, 6.07) is 17.6. The van der Waals surface area contributed by atoms with E-state index in [1.807, 2.05) is 0 Å². The summed E-state index contributed by atoms with van der Waals surface area (Å²) >= 11 is 0. The number of rotatable bonds is 5. The van der Waals surface area contributed by atoms with Crippen LogP contribution in [0.5, 0.6) is 17.2 Å². The third kappa shape index (κ3) is 4.20. The maximum Gasteiger partial charge on any atom is 0.308 e. The molecule has 3 amide bonds. The quantitative estimate of drug-likeness (QED) is 0.370. The molecule has 0 spiro atoms. The molecule has 0 saturated heterocycles. The summed E-state index contributed by atoms with van der Waals surface area (Å²) < 4.78 is 10.8. The molecule has 1 heterocycles. The summed E-state index contributed by atoms with van der Waals surface area (Å²) in [5.74, 6) is -0.541. The molecular formula is C24H18N2O6. The van der Waals surface area contributed by atoms with Crippen molar-refractivity contribution in [3.63, 3.8) is 0 Å². The number of nitrogens with one attached hydrogen (secondary N) is 1. The average Bonchev–Trinajstić information content (AvgIpc) is 2.99. The molecule has 8 heteroatoms. The van der Waals surface area contributed by atoms with Crippen molar-refractivity contribution in [3.05, 3.63) is 77.9 Å². The Labute approximate surface area is 183 Å². The van der Waals surface area contributed by atoms with Crippen molar-refractivity contribution in [2.75, 3.05) is 10.2 Å². The van der Waals surface area contributed by atoms with Gasteiger partial charge in [-0.25, -0.2) is 4.90 Å². The Balaban J connectivity index is 1.57. The predicted molar refractivity (Wildman–Crippen MR) is 116 cm³/mol. The fourth-order valence-corrected chi connectivity index (χ4v) is 3.32. The topological polar surface area (TPSA) is 102 Å². The molecule has 0 aromatic heterocycles. The highest BCUT2D eigenvalue weighted by atomic mass is 16.5. The van der Waals surface area contributed by atoms with Crippen LogP contribution in [-0.4, -0.2) is 23.7 Å². The number of amides is 3. The van der Waals surface area contributed by atoms with Gasteiger partial charge in [0.1, 0.15) is 17.2 Å². The summed E-state index contributed by atoms with van der Waals surface area (Å²) in [5.41, 5.74) is 1.39. The second-order valence-electron chi connectivity index (χ2n) is 7.05. The van der Waals surface area contributed by atoms with Gasteiger partial charge in [0.15, 0.2) is 0 Å². The van der Waals surface area contributed by atoms with Crippen LogP contribution in [0, 0.1) is 0 Å². The first-order chi connectivity index (χ1) is 15.3. The first-order valence-corrected chi connectivity index (χ1v) is 9.68. The molecule has 0 saturated carbocycles. The first-order valence-electron chi connectivity index (χ1n) is 9.68. The van der Waals surface area contributed by atoms with Crippen molar-refractivity contribution in [2.45, 2.75) is 13.8 Å². The Hall–Kier alpha value is -4.46. The highest BCUT2D eigenvalue weighted by molar-refractivity contribution is 6.34. The van der Waals surface area contributed by atoms with E-state index in [2.05, 4.69) is 5.32 Å². The van der Waals surface area contributed by atoms with Crippen LogP contribution in [0.2, 0.25) is 0 Å². The van der Waals surface area contributed by atoms with Crippen LogP contribution in [0.15, 0.2) is 66.7 Å². The summed E-state index contributed by atoms with van der Waals surface area (Å²) in [5, 5.41) is 2.67. The number of hydrogen-bond acceptors (Lipinski definition) is 6. The molecule has 1 aliphatic rings. The molecule has 0 fully saturated rings. The number of fused-ring (bicyclic) bond motifs is 1. The zero-order valence-electron chi connectivity index (χ0n) is 17.2. The van der Waals surface area contributed by atoms with E-state index in [9.17, 15) is 19.2 Å². The standard InChI is InChI=1S/C24H18N2O6/c1-14(27)25-16-6-8-18(9-7-16)32-20-10-11-21-22(13-20)24(30)26(23(21)29)17-4-3-5-19(12-17)31-15(2)28/h3-13H,1-2H3,(H,25,27). The highest BCUT2D eigenvalue weighted by Crippen LogP contribution is 2.33. The lowest BCUT2D eigenvalue weighted by Crippen LogP contribution is -2.29. The van der Waals surface area contributed by atoms with Crippen molar-refractivity contribution < 1.29 is 28.7 Å². The van der Waals surface area contributed by atoms with Gasteiger partial charge in [-0.05, 0) is 54.6 Å². The molecular weight excluding hydrogens is 412 g/mol. The first kappa shape index (κ1) is 20.8. The van der Waals surface area contributed by atoms with Crippen molar-refractivity contribution in [1.82, 2.24) is 0 Å². The van der Waals surface area contributed by atoms with E-state index in [0.717, 1.165) is 4.90 Å². The lowest BCUT2D eigenvalue weighted by atomic mass is 10.1. The van der Waals surface area contributed by atoms with Crippen molar-refractivity contribution >= 4 is 35.1 Å². The van der Waals surface area contributed by atoms with Crippen LogP contribution in [0.25, 0.3) is 0 Å². The fourth-order valence-electron chi connectivity index (χ4n) is 3.32. The number of benzene rings is 3. The van der Waals surface area contributed by atoms with Gasteiger partial charge in [0.05, 0.1) is 16.8 Å². The lowest BCUT2D eigenvalue weighted by molar-refractivity contribution is -0.131. The number of esters is 1. The highest BCUT2D eigenvalue weighted by Gasteiger charge is 2.37. The van der Waals surface area contributed by atoms with Gasteiger partial charge in [-0.3, -0.25) is 19.2 Å². The normalized spacial score (nSPS) is 12.4. The molecule has 0 aliphatic carbocycles. The molecule has 8 nitrogen and oxygen atoms in total. The molecule has 0 atom stereocenters. The van der Waals surface area contributed by atoms with Crippen LogP contribution < -0.4 is 19.7 Å². The number of carbonyl (C=O) groups excluding carboxylic acids is 4. The number of anilines is 2. The molecule has 32 heavy (non-hydrogen) atoms. The van der Waals surface area contributed by atoms with Crippen LogP contribution in [0.4, 0.5) is 11.4 Å². The van der Waals surface area contributed by atoms with Crippen molar-refractivity contribution in [2.24, 2.45) is 0 Å². The van der Waals surface area contributed by atoms with E-state index in [1.54, 1.807) is 48.5 Å². The monoisotopic (exact) mass is 430 g/mol. The van der Waals surface area contributed by atoms with Gasteiger partial charge in [0, 0.05) is 25.6 Å². The largest absolute Gasteiger partial charge is 0.457 e. The number of ether oxygens (including phenoxy) is 2. The van der Waals surface area contributed by atoms with Gasteiger partial charge in [-0.15, -0.1) is 0 Å². The van der Waals surface area contributed by atoms with E-state index in [4.69, 9.17) is 9.47 Å². The molecule has 160 valence electrons. The lowest BCUT2D eigenvalue weighted by Gasteiger charge is -2.14. The van der Waals surface area contributed by atoms with Crippen LogP contribution in [0.3, 0.4) is 0 Å². The van der Waals surface area contributed by atoms with E-state index in [1.165, 1.54) is 32.0 Å². The second-order valence-corrected chi connectivity index (χ2v) is 7.05. The maximum atomic E-state index is 13.0. The zero-order chi connectivity index (χ0) is 22.8. The maximum absolute atomic E-state index is 13.0. The Kier molecular flexibility index (Phi) is 5.43. The molecule has 3 aromatic rings. The predicted octanol–water partition coefficient (Wildman–Crippen LogP) is 4.16. The van der Waals surface area contributed by atoms with Gasteiger partial charge in [-0.1, -0.05) is 6.07 Å². The van der Waals surface area contributed by atoms with Crippen molar-refractivity contribution in [1.29, 1.82) is 0 Å². The fraction of sp³-hybridized carbons (Fsp3) is 0.0833. The Bertz CT molecular complexity index is 1250. The van der Waals surface area contributed by atoms with E-state index >= 15 is 0 Å². The Morgan fingerprint density at radius 2 is 1.47 bits per heavy atom. The zero-order valence-corrected chi connectivity index (χ0v) is 17.2. The van der Waals surface area contributed by atoms with Crippen LogP contribution in [0.1, 0.15) is 34.6 Å². The molecule has 4 rings (SSSR count). The average molecular weight is 430 g/mol. The number of hydrogen-bond donors (Lipinski definition) is 1. The van der Waals surface area contributed by atoms with Crippen LogP contribution in [-0.2, 0) is 9.59 Å². The summed E-state index contributed by atoms with van der Waals surface area (Å²) in [6.45, 7) is 2.69. The third-order valence-corrected chi connectivity index (χ3v) is 4.61. The Morgan fingerprint density at radius 3 is 2.16 bits per heavy atom. The molecule has 1 N–H and O–H groups in total. The molecule has 0 radical (unpaired) electrons. The minimum absolute atomic E-state index is 0.177. The van der Waals surface area contributed by atoms with E-state index in [0.29, 0.717) is 22.9 Å². The number of nitrogens with zero attached hydrogens (tertiary/aromatic N) is 1. The second kappa shape index (κ2) is 8.35. The Morgan fingerprint density at radius 1 is 0.781 bits per heavy atom. The molecule has 3 aromatic carbocycles. The smallest absolute Gasteiger partial charge is 0.308 e. The summed E-state index contributed by atoms with van der Waals surface area (Å²) in [7, 11) is 0. The van der Waals surface area contributed by atoms with Gasteiger partial charge < -0.3 is 14.8 Å². The molecule has 1 aliphatic heterocycles.